The van der Waals surface area contributed by atoms with E-state index in [-0.39, 0.29) is 11.8 Å². The highest BCUT2D eigenvalue weighted by Gasteiger charge is 2.35. The van der Waals surface area contributed by atoms with Crippen LogP contribution in [0.5, 0.6) is 5.75 Å². The molecule has 0 bridgehead atoms. The summed E-state index contributed by atoms with van der Waals surface area (Å²) in [6.07, 6.45) is 5.95. The summed E-state index contributed by atoms with van der Waals surface area (Å²) < 4.78 is 5.49. The number of amides is 1. The number of nitrogens with two attached hydrogens (primary N) is 1. The first-order chi connectivity index (χ1) is 10.6. The van der Waals surface area contributed by atoms with Crippen molar-refractivity contribution >= 4 is 5.91 Å². The summed E-state index contributed by atoms with van der Waals surface area (Å²) in [6, 6.07) is 6.74. The van der Waals surface area contributed by atoms with Gasteiger partial charge in [-0.25, -0.2) is 0 Å². The Kier molecular flexibility index (Phi) is 4.39. The second-order valence-corrected chi connectivity index (χ2v) is 6.64. The lowest BCUT2D eigenvalue weighted by Gasteiger charge is -2.35. The molecule has 0 spiro atoms. The molecule has 1 aromatic carbocycles. The lowest BCUT2D eigenvalue weighted by molar-refractivity contribution is -0.134. The molecule has 0 radical (unpaired) electrons. The third-order valence-corrected chi connectivity index (χ3v) is 5.36. The quantitative estimate of drug-likeness (QED) is 0.933. The molecule has 2 aliphatic carbocycles. The van der Waals surface area contributed by atoms with Gasteiger partial charge in [0.1, 0.15) is 5.75 Å². The summed E-state index contributed by atoms with van der Waals surface area (Å²) in [4.78, 5) is 15.0. The predicted molar refractivity (Wildman–Crippen MR) is 87.1 cm³/mol. The molecule has 4 nitrogen and oxygen atoms in total. The smallest absolute Gasteiger partial charge is 0.230 e. The number of hydrogen-bond donors (Lipinski definition) is 1. The Labute approximate surface area is 132 Å². The summed E-state index contributed by atoms with van der Waals surface area (Å²) in [5, 5.41) is 0. The normalized spacial score (nSPS) is 27.3. The fourth-order valence-electron chi connectivity index (χ4n) is 3.99. The molecule has 1 saturated carbocycles. The van der Waals surface area contributed by atoms with E-state index in [4.69, 9.17) is 10.5 Å². The molecule has 0 saturated heterocycles. The molecule has 4 heteroatoms. The number of ether oxygens (including phenoxy) is 1. The number of nitrogens with zero attached hydrogens (tertiary/aromatic N) is 1. The van der Waals surface area contributed by atoms with Gasteiger partial charge < -0.3 is 15.4 Å². The van der Waals surface area contributed by atoms with E-state index in [1.165, 1.54) is 5.56 Å². The van der Waals surface area contributed by atoms with E-state index in [1.54, 1.807) is 7.11 Å². The number of benzene rings is 1. The molecule has 0 heterocycles. The van der Waals surface area contributed by atoms with Crippen LogP contribution in [0.15, 0.2) is 18.2 Å². The molecular weight excluding hydrogens is 276 g/mol. The standard InChI is InChI=1S/C18H26N2O2/c1-20(14-9-7-13(19)8-10-14)18(21)15-11-6-12-4-3-5-16(22-2)17(12)15/h3-5,13-15H,6-11,19H2,1-2H3/t13?,14?,15-/m1/s1. The second kappa shape index (κ2) is 6.29. The van der Waals surface area contributed by atoms with E-state index >= 15 is 0 Å². The van der Waals surface area contributed by atoms with Crippen molar-refractivity contribution in [3.05, 3.63) is 29.3 Å². The number of fused-ring (bicyclic) bond motifs is 1. The molecule has 3 rings (SSSR count). The van der Waals surface area contributed by atoms with Gasteiger partial charge in [0.15, 0.2) is 0 Å². The Balaban J connectivity index is 1.77. The fourth-order valence-corrected chi connectivity index (χ4v) is 3.99. The Morgan fingerprint density at radius 2 is 1.95 bits per heavy atom. The van der Waals surface area contributed by atoms with E-state index in [0.717, 1.165) is 49.8 Å². The number of aryl methyl sites for hydroxylation is 1. The van der Waals surface area contributed by atoms with Crippen molar-refractivity contribution in [3.63, 3.8) is 0 Å². The SMILES string of the molecule is COc1cccc2c1[C@H](C(=O)N(C)C1CCC(N)CC1)CC2. The minimum atomic E-state index is -0.0493. The molecule has 1 fully saturated rings. The lowest BCUT2D eigenvalue weighted by Crippen LogP contribution is -2.43. The third kappa shape index (κ3) is 2.72. The lowest BCUT2D eigenvalue weighted by atomic mass is 9.89. The molecule has 0 aromatic heterocycles. The number of rotatable bonds is 3. The average molecular weight is 302 g/mol. The maximum atomic E-state index is 13.0. The number of carbonyl (C=O) groups excluding carboxylic acids is 1. The largest absolute Gasteiger partial charge is 0.496 e. The molecule has 1 aromatic rings. The molecule has 0 aliphatic heterocycles. The van der Waals surface area contributed by atoms with Crippen LogP contribution < -0.4 is 10.5 Å². The van der Waals surface area contributed by atoms with Crippen LogP contribution in [0, 0.1) is 0 Å². The van der Waals surface area contributed by atoms with Gasteiger partial charge in [-0.05, 0) is 50.2 Å². The van der Waals surface area contributed by atoms with Crippen LogP contribution in [-0.2, 0) is 11.2 Å². The Morgan fingerprint density at radius 1 is 1.23 bits per heavy atom. The van der Waals surface area contributed by atoms with Gasteiger partial charge in [0.05, 0.1) is 13.0 Å². The van der Waals surface area contributed by atoms with Crippen molar-refractivity contribution in [2.75, 3.05) is 14.2 Å². The van der Waals surface area contributed by atoms with E-state index in [9.17, 15) is 4.79 Å². The average Bonchev–Trinajstić information content (AvgIpc) is 2.98. The van der Waals surface area contributed by atoms with Gasteiger partial charge in [0.25, 0.3) is 0 Å². The van der Waals surface area contributed by atoms with E-state index in [1.807, 2.05) is 24.1 Å². The zero-order valence-electron chi connectivity index (χ0n) is 13.5. The van der Waals surface area contributed by atoms with E-state index in [0.29, 0.717) is 12.1 Å². The monoisotopic (exact) mass is 302 g/mol. The van der Waals surface area contributed by atoms with E-state index in [2.05, 4.69) is 6.07 Å². The number of carbonyl (C=O) groups is 1. The summed E-state index contributed by atoms with van der Waals surface area (Å²) >= 11 is 0. The first kappa shape index (κ1) is 15.3. The zero-order chi connectivity index (χ0) is 15.7. The Morgan fingerprint density at radius 3 is 2.64 bits per heavy atom. The van der Waals surface area contributed by atoms with Gasteiger partial charge in [-0.2, -0.15) is 0 Å². The summed E-state index contributed by atoms with van der Waals surface area (Å²) in [7, 11) is 3.64. The molecule has 2 aliphatic rings. The highest BCUT2D eigenvalue weighted by molar-refractivity contribution is 5.86. The topological polar surface area (TPSA) is 55.6 Å². The van der Waals surface area contributed by atoms with Crippen molar-refractivity contribution in [3.8, 4) is 5.75 Å². The highest BCUT2D eigenvalue weighted by atomic mass is 16.5. The van der Waals surface area contributed by atoms with Crippen molar-refractivity contribution in [1.29, 1.82) is 0 Å². The molecule has 2 N–H and O–H groups in total. The second-order valence-electron chi connectivity index (χ2n) is 6.64. The molecule has 1 atom stereocenters. The van der Waals surface area contributed by atoms with Crippen LogP contribution in [0.4, 0.5) is 0 Å². The van der Waals surface area contributed by atoms with Gasteiger partial charge in [0, 0.05) is 24.7 Å². The Bertz CT molecular complexity index is 550. The zero-order valence-corrected chi connectivity index (χ0v) is 13.5. The molecule has 1 amide bonds. The van der Waals surface area contributed by atoms with Crippen LogP contribution >= 0.6 is 0 Å². The highest BCUT2D eigenvalue weighted by Crippen LogP contribution is 2.41. The molecule has 22 heavy (non-hydrogen) atoms. The van der Waals surface area contributed by atoms with Crippen molar-refractivity contribution in [1.82, 2.24) is 4.90 Å². The minimum absolute atomic E-state index is 0.0493. The minimum Gasteiger partial charge on any atom is -0.496 e. The van der Waals surface area contributed by atoms with Crippen LogP contribution in [-0.4, -0.2) is 37.0 Å². The van der Waals surface area contributed by atoms with Gasteiger partial charge >= 0.3 is 0 Å². The summed E-state index contributed by atoms with van der Waals surface area (Å²) in [5.74, 6) is 1.04. The van der Waals surface area contributed by atoms with Crippen LogP contribution in [0.2, 0.25) is 0 Å². The van der Waals surface area contributed by atoms with Crippen LogP contribution in [0.1, 0.15) is 49.1 Å². The van der Waals surface area contributed by atoms with Gasteiger partial charge in [-0.3, -0.25) is 4.79 Å². The summed E-state index contributed by atoms with van der Waals surface area (Å²) in [6.45, 7) is 0. The van der Waals surface area contributed by atoms with Crippen molar-refractivity contribution < 1.29 is 9.53 Å². The predicted octanol–water partition coefficient (Wildman–Crippen LogP) is 2.45. The summed E-state index contributed by atoms with van der Waals surface area (Å²) in [5.41, 5.74) is 8.34. The van der Waals surface area contributed by atoms with Gasteiger partial charge in [-0.15, -0.1) is 0 Å². The van der Waals surface area contributed by atoms with Crippen molar-refractivity contribution in [2.24, 2.45) is 5.73 Å². The first-order valence-electron chi connectivity index (χ1n) is 8.30. The Hall–Kier alpha value is -1.55. The van der Waals surface area contributed by atoms with E-state index < -0.39 is 0 Å². The van der Waals surface area contributed by atoms with Crippen LogP contribution in [0.3, 0.4) is 0 Å². The van der Waals surface area contributed by atoms with Gasteiger partial charge in [-0.1, -0.05) is 12.1 Å². The molecular formula is C18H26N2O2. The maximum Gasteiger partial charge on any atom is 0.230 e. The van der Waals surface area contributed by atoms with Crippen molar-refractivity contribution in [2.45, 2.75) is 56.5 Å². The molecule has 0 unspecified atom stereocenters. The number of likely N-dealkylation sites (N-methyl/N-ethyl adjacent to an activating group) is 1. The van der Waals surface area contributed by atoms with Gasteiger partial charge in [0.2, 0.25) is 5.91 Å². The fraction of sp³-hybridized carbons (Fsp3) is 0.611. The first-order valence-corrected chi connectivity index (χ1v) is 8.30. The number of hydrogen-bond acceptors (Lipinski definition) is 3. The number of methoxy groups -OCH3 is 1. The third-order valence-electron chi connectivity index (χ3n) is 5.36. The maximum absolute atomic E-state index is 13.0. The van der Waals surface area contributed by atoms with Crippen LogP contribution in [0.25, 0.3) is 0 Å². The molecule has 120 valence electrons.